The number of para-hydroxylation sites is 1. The van der Waals surface area contributed by atoms with Crippen LogP contribution in [0.3, 0.4) is 0 Å². The van der Waals surface area contributed by atoms with E-state index in [1.165, 1.54) is 19.0 Å². The molecule has 0 spiro atoms. The molecule has 1 aliphatic carbocycles. The molecule has 1 saturated carbocycles. The van der Waals surface area contributed by atoms with E-state index in [4.69, 9.17) is 0 Å². The number of hydrogen-bond donors (Lipinski definition) is 1. The molecule has 1 aliphatic heterocycles. The number of amides is 1. The number of aromatic nitrogens is 4. The Labute approximate surface area is 178 Å². The summed E-state index contributed by atoms with van der Waals surface area (Å²) in [5.74, 6) is 0.973. The van der Waals surface area contributed by atoms with Crippen LogP contribution in [0.2, 0.25) is 0 Å². The predicted octanol–water partition coefficient (Wildman–Crippen LogP) is 1.16. The molecular weight excluding hydrogens is 396 g/mol. The Bertz CT molecular complexity index is 1210. The SMILES string of the molecule is O=C(c1c[nH]c(=O)n(-c2ccccc2)c1=O)N1CCN(c2ccc(C3CC3)nn2)CC1. The van der Waals surface area contributed by atoms with E-state index in [1.807, 2.05) is 12.1 Å². The first kappa shape index (κ1) is 19.2. The molecule has 0 unspecified atom stereocenters. The van der Waals surface area contributed by atoms with Gasteiger partial charge < -0.3 is 14.8 Å². The summed E-state index contributed by atoms with van der Waals surface area (Å²) >= 11 is 0. The molecule has 5 rings (SSSR count). The summed E-state index contributed by atoms with van der Waals surface area (Å²) < 4.78 is 0.987. The van der Waals surface area contributed by atoms with Gasteiger partial charge in [-0.3, -0.25) is 9.59 Å². The highest BCUT2D eigenvalue weighted by Gasteiger charge is 2.28. The number of nitrogens with one attached hydrogen (secondary N) is 1. The van der Waals surface area contributed by atoms with Gasteiger partial charge in [0.1, 0.15) is 5.56 Å². The van der Waals surface area contributed by atoms with Gasteiger partial charge in [0.15, 0.2) is 5.82 Å². The maximum atomic E-state index is 13.0. The van der Waals surface area contributed by atoms with E-state index < -0.39 is 11.2 Å². The van der Waals surface area contributed by atoms with Crippen LogP contribution in [-0.2, 0) is 0 Å². The number of carbonyl (C=O) groups excluding carboxylic acids is 1. The first-order valence-electron chi connectivity index (χ1n) is 10.4. The van der Waals surface area contributed by atoms with Gasteiger partial charge in [-0.15, -0.1) is 5.10 Å². The van der Waals surface area contributed by atoms with Crippen molar-refractivity contribution in [2.24, 2.45) is 0 Å². The Morgan fingerprint density at radius 1 is 0.935 bits per heavy atom. The molecule has 9 heteroatoms. The average Bonchev–Trinajstić information content (AvgIpc) is 3.65. The van der Waals surface area contributed by atoms with Crippen LogP contribution in [0.25, 0.3) is 5.69 Å². The second-order valence-corrected chi connectivity index (χ2v) is 7.85. The molecule has 0 atom stereocenters. The molecule has 1 aromatic carbocycles. The molecule has 31 heavy (non-hydrogen) atoms. The zero-order chi connectivity index (χ0) is 21.4. The molecule has 9 nitrogen and oxygen atoms in total. The first-order chi connectivity index (χ1) is 15.1. The van der Waals surface area contributed by atoms with Crippen molar-refractivity contribution >= 4 is 11.7 Å². The van der Waals surface area contributed by atoms with Crippen LogP contribution in [0, 0.1) is 0 Å². The number of H-pyrrole nitrogens is 1. The minimum Gasteiger partial charge on any atom is -0.352 e. The standard InChI is InChI=1S/C22H22N6O3/c29-20(17-14-23-22(31)28(21(17)30)16-4-2-1-3-5-16)27-12-10-26(11-13-27)19-9-8-18(24-25-19)15-6-7-15/h1-5,8-9,14-15H,6-7,10-13H2,(H,23,31). The van der Waals surface area contributed by atoms with Gasteiger partial charge in [-0.05, 0) is 37.1 Å². The highest BCUT2D eigenvalue weighted by molar-refractivity contribution is 5.93. The summed E-state index contributed by atoms with van der Waals surface area (Å²) in [6.07, 6.45) is 3.58. The molecule has 1 saturated heterocycles. The highest BCUT2D eigenvalue weighted by atomic mass is 16.2. The van der Waals surface area contributed by atoms with E-state index >= 15 is 0 Å². The summed E-state index contributed by atoms with van der Waals surface area (Å²) in [7, 11) is 0. The van der Waals surface area contributed by atoms with Gasteiger partial charge in [0.2, 0.25) is 0 Å². The number of nitrogens with zero attached hydrogens (tertiary/aromatic N) is 5. The fraction of sp³-hybridized carbons (Fsp3) is 0.318. The van der Waals surface area contributed by atoms with Crippen molar-refractivity contribution < 1.29 is 4.79 Å². The average molecular weight is 418 g/mol. The van der Waals surface area contributed by atoms with Gasteiger partial charge in [0.25, 0.3) is 11.5 Å². The molecular formula is C22H22N6O3. The highest BCUT2D eigenvalue weighted by Crippen LogP contribution is 2.38. The number of aromatic amines is 1. The number of benzene rings is 1. The van der Waals surface area contributed by atoms with Crippen molar-refractivity contribution in [3.05, 3.63) is 80.8 Å². The molecule has 3 heterocycles. The molecule has 3 aromatic rings. The van der Waals surface area contributed by atoms with Crippen LogP contribution in [0.15, 0.2) is 58.3 Å². The third-order valence-electron chi connectivity index (χ3n) is 5.78. The minimum atomic E-state index is -0.621. The Morgan fingerprint density at radius 2 is 1.68 bits per heavy atom. The van der Waals surface area contributed by atoms with E-state index in [0.717, 1.165) is 16.1 Å². The van der Waals surface area contributed by atoms with Gasteiger partial charge in [0, 0.05) is 38.3 Å². The fourth-order valence-electron chi connectivity index (χ4n) is 3.85. The Balaban J connectivity index is 1.31. The number of anilines is 1. The van der Waals surface area contributed by atoms with Gasteiger partial charge in [0.05, 0.1) is 11.4 Å². The van der Waals surface area contributed by atoms with Crippen LogP contribution in [0.5, 0.6) is 0 Å². The zero-order valence-corrected chi connectivity index (χ0v) is 16.9. The van der Waals surface area contributed by atoms with Gasteiger partial charge in [-0.2, -0.15) is 5.10 Å². The van der Waals surface area contributed by atoms with Crippen molar-refractivity contribution in [1.29, 1.82) is 0 Å². The topological polar surface area (TPSA) is 104 Å². The zero-order valence-electron chi connectivity index (χ0n) is 16.9. The summed E-state index contributed by atoms with van der Waals surface area (Å²) in [5, 5.41) is 8.67. The molecule has 1 amide bonds. The predicted molar refractivity (Wildman–Crippen MR) is 115 cm³/mol. The molecule has 2 fully saturated rings. The number of hydrogen-bond acceptors (Lipinski definition) is 6. The van der Waals surface area contributed by atoms with Crippen molar-refractivity contribution in [2.75, 3.05) is 31.1 Å². The number of rotatable bonds is 4. The normalized spacial score (nSPS) is 16.4. The van der Waals surface area contributed by atoms with E-state index in [9.17, 15) is 14.4 Å². The van der Waals surface area contributed by atoms with Crippen molar-refractivity contribution in [3.63, 3.8) is 0 Å². The number of carbonyl (C=O) groups is 1. The Kier molecular flexibility index (Phi) is 4.85. The van der Waals surface area contributed by atoms with Gasteiger partial charge in [-0.25, -0.2) is 9.36 Å². The second kappa shape index (κ2) is 7.82. The van der Waals surface area contributed by atoms with Crippen LogP contribution >= 0.6 is 0 Å². The van der Waals surface area contributed by atoms with E-state index in [-0.39, 0.29) is 11.5 Å². The fourth-order valence-corrected chi connectivity index (χ4v) is 3.85. The van der Waals surface area contributed by atoms with E-state index in [1.54, 1.807) is 35.2 Å². The second-order valence-electron chi connectivity index (χ2n) is 7.85. The lowest BCUT2D eigenvalue weighted by atomic mass is 10.2. The van der Waals surface area contributed by atoms with Gasteiger partial charge >= 0.3 is 5.69 Å². The van der Waals surface area contributed by atoms with Crippen LogP contribution in [0.4, 0.5) is 5.82 Å². The lowest BCUT2D eigenvalue weighted by Gasteiger charge is -2.35. The molecule has 0 bridgehead atoms. The number of piperazine rings is 1. The lowest BCUT2D eigenvalue weighted by molar-refractivity contribution is 0.0743. The smallest absolute Gasteiger partial charge is 0.333 e. The third-order valence-corrected chi connectivity index (χ3v) is 5.78. The summed E-state index contributed by atoms with van der Waals surface area (Å²) in [5.41, 5.74) is 0.215. The van der Waals surface area contributed by atoms with Crippen LogP contribution < -0.4 is 16.1 Å². The van der Waals surface area contributed by atoms with E-state index in [2.05, 4.69) is 20.1 Å². The monoisotopic (exact) mass is 418 g/mol. The van der Waals surface area contributed by atoms with Gasteiger partial charge in [-0.1, -0.05) is 18.2 Å². The molecule has 158 valence electrons. The van der Waals surface area contributed by atoms with Crippen LogP contribution in [0.1, 0.15) is 34.8 Å². The largest absolute Gasteiger partial charge is 0.352 e. The van der Waals surface area contributed by atoms with Crippen LogP contribution in [-0.4, -0.2) is 56.7 Å². The Hall–Kier alpha value is -3.75. The van der Waals surface area contributed by atoms with Crippen molar-refractivity contribution in [2.45, 2.75) is 18.8 Å². The minimum absolute atomic E-state index is 0.0505. The maximum absolute atomic E-state index is 13.0. The first-order valence-corrected chi connectivity index (χ1v) is 10.4. The molecule has 2 aliphatic rings. The molecule has 0 radical (unpaired) electrons. The third kappa shape index (κ3) is 3.74. The lowest BCUT2D eigenvalue weighted by Crippen LogP contribution is -2.50. The maximum Gasteiger partial charge on any atom is 0.333 e. The van der Waals surface area contributed by atoms with Crippen molar-refractivity contribution in [3.8, 4) is 5.69 Å². The summed E-state index contributed by atoms with van der Waals surface area (Å²) in [4.78, 5) is 44.4. The molecule has 1 N–H and O–H groups in total. The van der Waals surface area contributed by atoms with Crippen molar-refractivity contribution in [1.82, 2.24) is 24.6 Å². The summed E-state index contributed by atoms with van der Waals surface area (Å²) in [6.45, 7) is 2.10. The summed E-state index contributed by atoms with van der Waals surface area (Å²) in [6, 6.07) is 12.6. The Morgan fingerprint density at radius 3 is 2.32 bits per heavy atom. The van der Waals surface area contributed by atoms with E-state index in [0.29, 0.717) is 37.8 Å². The molecule has 2 aromatic heterocycles. The quantitative estimate of drug-likeness (QED) is 0.682.